The van der Waals surface area contributed by atoms with Crippen molar-refractivity contribution in [2.45, 2.75) is 50.9 Å². The van der Waals surface area contributed by atoms with Gasteiger partial charge in [0, 0.05) is 63.9 Å². The number of hydrogen-bond donors (Lipinski definition) is 8. The summed E-state index contributed by atoms with van der Waals surface area (Å²) < 4.78 is 0.750. The Morgan fingerprint density at radius 1 is 0.734 bits per heavy atom. The van der Waals surface area contributed by atoms with E-state index in [0.29, 0.717) is 16.1 Å². The molecule has 0 spiro atoms. The van der Waals surface area contributed by atoms with Gasteiger partial charge in [0.25, 0.3) is 11.8 Å². The third-order valence-corrected chi connectivity index (χ3v) is 12.2. The number of hydrogen-bond acceptors (Lipinski definition) is 9. The van der Waals surface area contributed by atoms with Crippen molar-refractivity contribution in [3.8, 4) is 0 Å². The predicted octanol–water partition coefficient (Wildman–Crippen LogP) is 3.36. The van der Waals surface area contributed by atoms with Gasteiger partial charge in [-0.2, -0.15) is 0 Å². The van der Waals surface area contributed by atoms with Crippen molar-refractivity contribution in [1.82, 2.24) is 51.8 Å². The van der Waals surface area contributed by atoms with E-state index >= 15 is 0 Å². The number of halogens is 1. The van der Waals surface area contributed by atoms with Gasteiger partial charge >= 0.3 is 0 Å². The highest BCUT2D eigenvalue weighted by atomic mass is 79.9. The van der Waals surface area contributed by atoms with Gasteiger partial charge in [0.15, 0.2) is 0 Å². The van der Waals surface area contributed by atoms with E-state index < -0.39 is 78.6 Å². The van der Waals surface area contributed by atoms with Crippen LogP contribution in [0.2, 0.25) is 0 Å². The molecule has 1 aliphatic rings. The van der Waals surface area contributed by atoms with Gasteiger partial charge in [-0.25, -0.2) is 4.98 Å². The Balaban J connectivity index is 1.21. The molecule has 6 aromatic rings. The van der Waals surface area contributed by atoms with Gasteiger partial charge in [0.2, 0.25) is 29.5 Å². The zero-order chi connectivity index (χ0) is 45.5. The molecule has 7 amide bonds. The Labute approximate surface area is 379 Å². The fourth-order valence-electron chi connectivity index (χ4n) is 7.22. The van der Waals surface area contributed by atoms with E-state index in [1.165, 1.54) is 25.4 Å². The molecule has 0 radical (unpaired) electrons. The lowest BCUT2D eigenvalue weighted by molar-refractivity contribution is -0.133. The zero-order valence-corrected chi connectivity index (χ0v) is 37.3. The van der Waals surface area contributed by atoms with Gasteiger partial charge in [-0.15, -0.1) is 11.3 Å². The number of carbonyl (C=O) groups is 7. The number of thiazole rings is 1. The average Bonchev–Trinajstić information content (AvgIpc) is 4.04. The second kappa shape index (κ2) is 19.9. The van der Waals surface area contributed by atoms with Gasteiger partial charge in [-0.1, -0.05) is 70.5 Å². The summed E-state index contributed by atoms with van der Waals surface area (Å²) >= 11 is 4.71. The zero-order valence-electron chi connectivity index (χ0n) is 34.9. The second-order valence-corrected chi connectivity index (χ2v) is 17.1. The third-order valence-electron chi connectivity index (χ3n) is 10.5. The van der Waals surface area contributed by atoms with Crippen molar-refractivity contribution in [2.24, 2.45) is 0 Å². The molecule has 19 heteroatoms. The normalized spacial score (nSPS) is 20.8. The van der Waals surface area contributed by atoms with Crippen molar-refractivity contribution >= 4 is 96.5 Å². The summed E-state index contributed by atoms with van der Waals surface area (Å²) in [6, 6.07) is 17.4. The van der Waals surface area contributed by atoms with E-state index in [-0.39, 0.29) is 24.2 Å². The van der Waals surface area contributed by atoms with Crippen LogP contribution in [-0.4, -0.2) is 99.5 Å². The molecule has 1 aliphatic heterocycles. The minimum Gasteiger partial charge on any atom is -0.361 e. The first-order valence-corrected chi connectivity index (χ1v) is 22.0. The van der Waals surface area contributed by atoms with Gasteiger partial charge in [0.05, 0.1) is 19.1 Å². The summed E-state index contributed by atoms with van der Waals surface area (Å²) in [6.07, 6.45) is 4.93. The first kappa shape index (κ1) is 44.9. The van der Waals surface area contributed by atoms with Crippen LogP contribution in [0.4, 0.5) is 0 Å². The van der Waals surface area contributed by atoms with Gasteiger partial charge < -0.3 is 46.8 Å². The standard InChI is InChI=1S/C45H45BrN10O7S/c1-24-40(59)54-35(16-26-10-5-4-6-11-26)45(63)56(3)22-38(58)51-25(2)44-55-36(23-64-44)43(62)53-34(17-27-19-47-31-14-8-7-12-29(27)31)42(61)52-33(41(60)49-21-37(57)50-24)18-28-20-48-32-15-9-13-30(46)39(28)32/h4-16,19-20,23-25,33-34,47-48H,17-18,21-22H2,1-3H3,(H,49,60)(H,50,57)(H,51,58)(H,52,61)(H,53,62)(H,54,59)/b35-16-/t24-,25-,33?,34+/m1/s1. The lowest BCUT2D eigenvalue weighted by Gasteiger charge is -2.23. The molecule has 0 aliphatic carbocycles. The molecule has 2 bridgehead atoms. The summed E-state index contributed by atoms with van der Waals surface area (Å²) in [5.41, 5.74) is 3.42. The molecule has 1 unspecified atom stereocenters. The van der Waals surface area contributed by atoms with Crippen LogP contribution < -0.4 is 31.9 Å². The Kier molecular flexibility index (Phi) is 14.0. The maximum atomic E-state index is 14.5. The second-order valence-electron chi connectivity index (χ2n) is 15.3. The largest absolute Gasteiger partial charge is 0.361 e. The number of aromatic amines is 2. The van der Waals surface area contributed by atoms with E-state index in [0.717, 1.165) is 48.1 Å². The first-order valence-electron chi connectivity index (χ1n) is 20.3. The van der Waals surface area contributed by atoms with Crippen molar-refractivity contribution in [3.05, 3.63) is 128 Å². The molecule has 330 valence electrons. The summed E-state index contributed by atoms with van der Waals surface area (Å²) in [7, 11) is 1.40. The lowest BCUT2D eigenvalue weighted by atomic mass is 10.0. The number of nitrogens with one attached hydrogen (secondary N) is 8. The van der Waals surface area contributed by atoms with Gasteiger partial charge in [-0.05, 0) is 54.8 Å². The molecule has 4 heterocycles. The van der Waals surface area contributed by atoms with E-state index in [1.807, 2.05) is 42.5 Å². The van der Waals surface area contributed by atoms with Crippen molar-refractivity contribution in [3.63, 3.8) is 0 Å². The van der Waals surface area contributed by atoms with Gasteiger partial charge in [-0.3, -0.25) is 33.6 Å². The number of amides is 7. The van der Waals surface area contributed by atoms with Crippen molar-refractivity contribution in [2.75, 3.05) is 20.1 Å². The van der Waals surface area contributed by atoms with Crippen LogP contribution in [0.25, 0.3) is 27.9 Å². The SMILES string of the molecule is C[C@H]1NC(=O)CNC(=O)C(Cc2c[nH]c3cccc(Br)c23)NC(=O)[C@H](Cc2c[nH]c3ccccc23)NC(=O)c2csc(n2)[C@@H](C)NC(=O)CN(C)C(=O)/C(=C/c2ccccc2)NC1=O. The summed E-state index contributed by atoms with van der Waals surface area (Å²) in [6.45, 7) is 2.10. The van der Waals surface area contributed by atoms with Crippen LogP contribution >= 0.6 is 27.3 Å². The van der Waals surface area contributed by atoms with Crippen LogP contribution in [0.3, 0.4) is 0 Å². The van der Waals surface area contributed by atoms with Crippen LogP contribution in [0.15, 0.2) is 101 Å². The lowest BCUT2D eigenvalue weighted by Crippen LogP contribution is -2.56. The molecule has 0 saturated carbocycles. The molecule has 3 aromatic heterocycles. The molecule has 3 aromatic carbocycles. The molecule has 8 N–H and O–H groups in total. The summed E-state index contributed by atoms with van der Waals surface area (Å²) in [4.78, 5) is 108. The van der Waals surface area contributed by atoms with Crippen molar-refractivity contribution < 1.29 is 33.6 Å². The Morgan fingerprint density at radius 2 is 1.41 bits per heavy atom. The van der Waals surface area contributed by atoms with Crippen LogP contribution in [0.5, 0.6) is 0 Å². The number of para-hydroxylation sites is 1. The quantitative estimate of drug-likeness (QED) is 0.119. The molecular weight excluding hydrogens is 905 g/mol. The molecule has 7 rings (SSSR count). The highest BCUT2D eigenvalue weighted by Crippen LogP contribution is 2.28. The number of H-pyrrole nitrogens is 2. The Bertz CT molecular complexity index is 2780. The maximum Gasteiger partial charge on any atom is 0.271 e. The Hall–Kier alpha value is -7.12. The van der Waals surface area contributed by atoms with Crippen LogP contribution in [-0.2, 0) is 41.6 Å². The van der Waals surface area contributed by atoms with E-state index in [9.17, 15) is 33.6 Å². The van der Waals surface area contributed by atoms with E-state index in [1.54, 1.807) is 49.6 Å². The van der Waals surface area contributed by atoms with E-state index in [2.05, 4.69) is 62.8 Å². The van der Waals surface area contributed by atoms with E-state index in [4.69, 9.17) is 0 Å². The molecule has 0 fully saturated rings. The molecule has 17 nitrogen and oxygen atoms in total. The number of rotatable bonds is 5. The van der Waals surface area contributed by atoms with Crippen LogP contribution in [0.1, 0.15) is 52.1 Å². The molecule has 64 heavy (non-hydrogen) atoms. The highest BCUT2D eigenvalue weighted by Gasteiger charge is 2.31. The third kappa shape index (κ3) is 10.7. The number of aromatic nitrogens is 3. The fraction of sp³-hybridized carbons (Fsp3) is 0.244. The predicted molar refractivity (Wildman–Crippen MR) is 244 cm³/mol. The average molecular weight is 950 g/mol. The summed E-state index contributed by atoms with van der Waals surface area (Å²) in [5, 5.41) is 19.7. The maximum absolute atomic E-state index is 14.5. The molecule has 0 saturated heterocycles. The topological polar surface area (TPSA) is 239 Å². The minimum absolute atomic E-state index is 0.0100. The monoisotopic (exact) mass is 948 g/mol. The van der Waals surface area contributed by atoms with Crippen molar-refractivity contribution in [1.29, 1.82) is 0 Å². The summed E-state index contributed by atoms with van der Waals surface area (Å²) in [5.74, 6) is -4.78. The number of benzene rings is 3. The number of fused-ring (bicyclic) bond motifs is 4. The molecular formula is C45H45BrN10O7S. The number of likely N-dealkylation sites (N-methyl/N-ethyl adjacent to an activating group) is 1. The number of nitrogens with zero attached hydrogens (tertiary/aromatic N) is 2. The minimum atomic E-state index is -1.26. The Morgan fingerprint density at radius 3 is 2.20 bits per heavy atom. The first-order chi connectivity index (χ1) is 30.7. The fourth-order valence-corrected chi connectivity index (χ4v) is 8.65. The smallest absolute Gasteiger partial charge is 0.271 e. The van der Waals surface area contributed by atoms with Gasteiger partial charge in [0.1, 0.15) is 34.5 Å². The molecule has 4 atom stereocenters. The van der Waals surface area contributed by atoms with Crippen LogP contribution in [0, 0.1) is 0 Å². The number of carbonyl (C=O) groups excluding carboxylic acids is 7. The highest BCUT2D eigenvalue weighted by molar-refractivity contribution is 9.10.